The smallest absolute Gasteiger partial charge is 0.341 e. The summed E-state index contributed by atoms with van der Waals surface area (Å²) in [6, 6.07) is 7.68. The summed E-state index contributed by atoms with van der Waals surface area (Å²) in [5.41, 5.74) is 2.51. The fraction of sp³-hybridized carbons (Fsp3) is 0.333. The molecule has 0 atom stereocenters. The van der Waals surface area contributed by atoms with Crippen molar-refractivity contribution in [3.63, 3.8) is 0 Å². The Morgan fingerprint density at radius 3 is 2.59 bits per heavy atom. The average Bonchev–Trinajstić information content (AvgIpc) is 2.98. The molecule has 142 valence electrons. The first kappa shape index (κ1) is 19.8. The molecule has 1 amide bonds. The molecule has 0 aliphatic heterocycles. The molecule has 1 aliphatic rings. The van der Waals surface area contributed by atoms with Gasteiger partial charge >= 0.3 is 5.97 Å². The van der Waals surface area contributed by atoms with Crippen molar-refractivity contribution in [1.29, 1.82) is 0 Å². The third-order valence-electron chi connectivity index (χ3n) is 4.25. The molecule has 4 nitrogen and oxygen atoms in total. The Morgan fingerprint density at radius 2 is 1.89 bits per heavy atom. The summed E-state index contributed by atoms with van der Waals surface area (Å²) in [5, 5.41) is 3.48. The van der Waals surface area contributed by atoms with Crippen molar-refractivity contribution < 1.29 is 14.3 Å². The molecule has 1 aliphatic carbocycles. The summed E-state index contributed by atoms with van der Waals surface area (Å²) < 4.78 is 6.40. The molecule has 1 N–H and O–H groups in total. The summed E-state index contributed by atoms with van der Waals surface area (Å²) in [4.78, 5) is 26.2. The molecule has 0 saturated heterocycles. The summed E-state index contributed by atoms with van der Waals surface area (Å²) in [7, 11) is 0. The van der Waals surface area contributed by atoms with Crippen LogP contribution in [-0.2, 0) is 22.4 Å². The topological polar surface area (TPSA) is 55.4 Å². The van der Waals surface area contributed by atoms with Crippen LogP contribution in [0.25, 0.3) is 6.08 Å². The van der Waals surface area contributed by atoms with Gasteiger partial charge in [-0.3, -0.25) is 4.79 Å². The van der Waals surface area contributed by atoms with Crippen molar-refractivity contribution in [3.8, 4) is 0 Å². The lowest BCUT2D eigenvalue weighted by Crippen LogP contribution is -2.17. The lowest BCUT2D eigenvalue weighted by molar-refractivity contribution is -0.111. The van der Waals surface area contributed by atoms with Gasteiger partial charge in [-0.05, 0) is 68.9 Å². The minimum atomic E-state index is -0.350. The maximum atomic E-state index is 12.6. The largest absolute Gasteiger partial charge is 0.459 e. The maximum absolute atomic E-state index is 12.6. The first-order valence-corrected chi connectivity index (χ1v) is 10.6. The van der Waals surface area contributed by atoms with Crippen molar-refractivity contribution in [2.24, 2.45) is 0 Å². The van der Waals surface area contributed by atoms with E-state index in [0.717, 1.165) is 41.3 Å². The number of thiophene rings is 1. The number of hydrogen-bond acceptors (Lipinski definition) is 4. The van der Waals surface area contributed by atoms with Crippen LogP contribution in [0.3, 0.4) is 0 Å². The number of nitrogens with one attached hydrogen (secondary N) is 1. The van der Waals surface area contributed by atoms with Crippen molar-refractivity contribution in [2.75, 3.05) is 5.32 Å². The Bertz CT molecular complexity index is 868. The van der Waals surface area contributed by atoms with E-state index < -0.39 is 0 Å². The molecule has 2 aromatic rings. The number of carbonyl (C=O) groups is 2. The fourth-order valence-corrected chi connectivity index (χ4v) is 4.59. The van der Waals surface area contributed by atoms with E-state index >= 15 is 0 Å². The van der Waals surface area contributed by atoms with Crippen LogP contribution in [0.15, 0.2) is 34.8 Å². The Hall–Kier alpha value is -1.92. The van der Waals surface area contributed by atoms with Crippen LogP contribution in [0.2, 0.25) is 0 Å². The van der Waals surface area contributed by atoms with Crippen molar-refractivity contribution >= 4 is 50.2 Å². The lowest BCUT2D eigenvalue weighted by Gasteiger charge is -2.14. The van der Waals surface area contributed by atoms with Crippen LogP contribution < -0.4 is 5.32 Å². The highest BCUT2D eigenvalue weighted by molar-refractivity contribution is 9.10. The number of carbonyl (C=O) groups excluding carboxylic acids is 2. The van der Waals surface area contributed by atoms with Crippen LogP contribution in [0.4, 0.5) is 5.00 Å². The predicted molar refractivity (Wildman–Crippen MR) is 113 cm³/mol. The normalized spacial score (nSPS) is 13.6. The summed E-state index contributed by atoms with van der Waals surface area (Å²) in [6.07, 6.45) is 7.02. The number of fused-ring (bicyclic) bond motifs is 1. The first-order valence-electron chi connectivity index (χ1n) is 9.04. The van der Waals surface area contributed by atoms with Gasteiger partial charge < -0.3 is 10.1 Å². The molecule has 0 unspecified atom stereocenters. The molecule has 0 saturated carbocycles. The Labute approximate surface area is 171 Å². The highest BCUT2D eigenvalue weighted by Crippen LogP contribution is 2.38. The number of hydrogen-bond donors (Lipinski definition) is 1. The molecule has 0 radical (unpaired) electrons. The second-order valence-corrected chi connectivity index (χ2v) is 8.76. The van der Waals surface area contributed by atoms with E-state index in [1.807, 2.05) is 38.1 Å². The maximum Gasteiger partial charge on any atom is 0.341 e. The van der Waals surface area contributed by atoms with E-state index in [4.69, 9.17) is 4.74 Å². The molecule has 0 fully saturated rings. The molecule has 0 bridgehead atoms. The van der Waals surface area contributed by atoms with E-state index in [0.29, 0.717) is 10.6 Å². The van der Waals surface area contributed by atoms with Crippen LogP contribution in [-0.4, -0.2) is 18.0 Å². The zero-order chi connectivity index (χ0) is 19.4. The van der Waals surface area contributed by atoms with Gasteiger partial charge in [-0.2, -0.15) is 0 Å². The average molecular weight is 448 g/mol. The van der Waals surface area contributed by atoms with Crippen LogP contribution in [0.5, 0.6) is 0 Å². The quantitative estimate of drug-likeness (QED) is 0.478. The van der Waals surface area contributed by atoms with Gasteiger partial charge in [0, 0.05) is 15.4 Å². The SMILES string of the molecule is CC(C)OC(=O)c1c(NC(=O)C=Cc2ccc(Br)cc2)sc2c1CCCC2. The van der Waals surface area contributed by atoms with Gasteiger partial charge in [0.1, 0.15) is 5.00 Å². The minimum Gasteiger partial charge on any atom is -0.459 e. The van der Waals surface area contributed by atoms with Crippen molar-refractivity contribution in [1.82, 2.24) is 0 Å². The van der Waals surface area contributed by atoms with Crippen molar-refractivity contribution in [3.05, 3.63) is 56.4 Å². The summed E-state index contributed by atoms with van der Waals surface area (Å²) in [6.45, 7) is 3.66. The van der Waals surface area contributed by atoms with Gasteiger partial charge in [-0.1, -0.05) is 28.1 Å². The number of aryl methyl sites for hydroxylation is 1. The van der Waals surface area contributed by atoms with E-state index in [-0.39, 0.29) is 18.0 Å². The number of benzene rings is 1. The van der Waals surface area contributed by atoms with Gasteiger partial charge in [0.05, 0.1) is 11.7 Å². The van der Waals surface area contributed by atoms with Crippen LogP contribution >= 0.6 is 27.3 Å². The molecule has 6 heteroatoms. The third kappa shape index (κ3) is 5.08. The van der Waals surface area contributed by atoms with E-state index in [9.17, 15) is 9.59 Å². The molecule has 1 aromatic heterocycles. The van der Waals surface area contributed by atoms with Gasteiger partial charge in [0.15, 0.2) is 0 Å². The summed E-state index contributed by atoms with van der Waals surface area (Å²) >= 11 is 4.89. The van der Waals surface area contributed by atoms with Gasteiger partial charge in [0.25, 0.3) is 0 Å². The van der Waals surface area contributed by atoms with E-state index in [1.54, 1.807) is 6.08 Å². The highest BCUT2D eigenvalue weighted by atomic mass is 79.9. The number of halogens is 1. The third-order valence-corrected chi connectivity index (χ3v) is 5.99. The number of rotatable bonds is 5. The minimum absolute atomic E-state index is 0.197. The molecule has 27 heavy (non-hydrogen) atoms. The number of ether oxygens (including phenoxy) is 1. The lowest BCUT2D eigenvalue weighted by atomic mass is 9.95. The van der Waals surface area contributed by atoms with Crippen LogP contribution in [0.1, 0.15) is 53.1 Å². The van der Waals surface area contributed by atoms with Crippen molar-refractivity contribution in [2.45, 2.75) is 45.6 Å². The van der Waals surface area contributed by atoms with E-state index in [1.165, 1.54) is 22.3 Å². The molecule has 0 spiro atoms. The molecular weight excluding hydrogens is 426 g/mol. The number of esters is 1. The van der Waals surface area contributed by atoms with Gasteiger partial charge in [-0.25, -0.2) is 4.79 Å². The molecule has 1 heterocycles. The highest BCUT2D eigenvalue weighted by Gasteiger charge is 2.27. The first-order chi connectivity index (χ1) is 12.9. The molecule has 1 aromatic carbocycles. The Morgan fingerprint density at radius 1 is 1.19 bits per heavy atom. The molecular formula is C21H22BrNO3S. The second-order valence-electron chi connectivity index (χ2n) is 6.74. The fourth-order valence-electron chi connectivity index (χ4n) is 3.04. The Kier molecular flexibility index (Phi) is 6.50. The standard InChI is InChI=1S/C21H22BrNO3S/c1-13(2)26-21(25)19-16-5-3-4-6-17(16)27-20(19)23-18(24)12-9-14-7-10-15(22)11-8-14/h7-13H,3-6H2,1-2H3,(H,23,24). The zero-order valence-electron chi connectivity index (χ0n) is 15.4. The summed E-state index contributed by atoms with van der Waals surface area (Å²) in [5.74, 6) is -0.605. The monoisotopic (exact) mass is 447 g/mol. The van der Waals surface area contributed by atoms with Gasteiger partial charge in [0.2, 0.25) is 5.91 Å². The second kappa shape index (κ2) is 8.85. The predicted octanol–water partition coefficient (Wildman–Crippen LogP) is 5.61. The number of amides is 1. The van der Waals surface area contributed by atoms with Crippen LogP contribution in [0, 0.1) is 0 Å². The number of anilines is 1. The van der Waals surface area contributed by atoms with Gasteiger partial charge in [-0.15, -0.1) is 11.3 Å². The zero-order valence-corrected chi connectivity index (χ0v) is 17.8. The Balaban J connectivity index is 1.80. The van der Waals surface area contributed by atoms with E-state index in [2.05, 4.69) is 21.2 Å². The molecule has 3 rings (SSSR count).